The van der Waals surface area contributed by atoms with E-state index in [2.05, 4.69) is 132 Å². The molecule has 56 heavy (non-hydrogen) atoms. The lowest BCUT2D eigenvalue weighted by molar-refractivity contribution is 0.824. The molecule has 0 radical (unpaired) electrons. The standard InChI is InChI=1S/C50H33N5S/c1-5-16-33(17-6-1)44-46-42(43-39-24-13-14-27-41(39)55(50(43)56-46)37-22-11-4-12-23-37)40-26-15-25-38(45(40)51-44)32-28-30-36(31-29-32)49-53-47(34-18-7-2-8-19-34)52-48(54-49)35-20-9-3-10-21-35/h1-31,43,50H. The Hall–Kier alpha value is -6.89. The predicted octanol–water partition coefficient (Wildman–Crippen LogP) is 12.5. The van der Waals surface area contributed by atoms with Gasteiger partial charge in [0.1, 0.15) is 0 Å². The summed E-state index contributed by atoms with van der Waals surface area (Å²) in [6, 6.07) is 65.8. The number of benzene rings is 7. The number of aromatic nitrogens is 4. The third-order valence-electron chi connectivity index (χ3n) is 10.9. The first-order valence-corrected chi connectivity index (χ1v) is 19.8. The molecule has 0 bridgehead atoms. The van der Waals surface area contributed by atoms with Crippen LogP contribution in [0.1, 0.15) is 17.0 Å². The number of hydrogen-bond acceptors (Lipinski definition) is 6. The summed E-state index contributed by atoms with van der Waals surface area (Å²) in [5, 5.41) is 1.37. The van der Waals surface area contributed by atoms with Crippen molar-refractivity contribution in [1.82, 2.24) is 19.9 Å². The molecule has 4 heterocycles. The van der Waals surface area contributed by atoms with Crippen LogP contribution in [0, 0.1) is 0 Å². The van der Waals surface area contributed by atoms with Gasteiger partial charge in [-0.2, -0.15) is 0 Å². The van der Waals surface area contributed by atoms with E-state index in [9.17, 15) is 0 Å². The second-order valence-corrected chi connectivity index (χ2v) is 15.3. The number of nitrogens with zero attached hydrogens (tertiary/aromatic N) is 5. The van der Waals surface area contributed by atoms with E-state index in [4.69, 9.17) is 19.9 Å². The summed E-state index contributed by atoms with van der Waals surface area (Å²) in [6.45, 7) is 0. The van der Waals surface area contributed by atoms with Crippen molar-refractivity contribution in [2.24, 2.45) is 0 Å². The number of rotatable bonds is 6. The lowest BCUT2D eigenvalue weighted by Crippen LogP contribution is -2.24. The highest BCUT2D eigenvalue weighted by atomic mass is 32.2. The van der Waals surface area contributed by atoms with Crippen LogP contribution in [-0.4, -0.2) is 25.3 Å². The number of para-hydroxylation sites is 3. The van der Waals surface area contributed by atoms with Crippen LogP contribution in [0.2, 0.25) is 0 Å². The summed E-state index contributed by atoms with van der Waals surface area (Å²) < 4.78 is 0. The monoisotopic (exact) mass is 735 g/mol. The Balaban J connectivity index is 1.06. The summed E-state index contributed by atoms with van der Waals surface area (Å²) in [5.41, 5.74) is 13.4. The Bertz CT molecular complexity index is 2830. The zero-order chi connectivity index (χ0) is 37.0. The molecule has 7 aromatic carbocycles. The van der Waals surface area contributed by atoms with Crippen molar-refractivity contribution in [3.8, 4) is 56.5 Å². The molecular weight excluding hydrogens is 703 g/mol. The van der Waals surface area contributed by atoms with Crippen molar-refractivity contribution in [2.75, 3.05) is 4.90 Å². The highest BCUT2D eigenvalue weighted by Gasteiger charge is 2.48. The van der Waals surface area contributed by atoms with E-state index in [1.165, 1.54) is 32.8 Å². The average molecular weight is 736 g/mol. The van der Waals surface area contributed by atoms with Gasteiger partial charge >= 0.3 is 0 Å². The zero-order valence-corrected chi connectivity index (χ0v) is 31.0. The topological polar surface area (TPSA) is 54.8 Å². The molecule has 2 aliphatic heterocycles. The van der Waals surface area contributed by atoms with Crippen LogP contribution in [0.3, 0.4) is 0 Å². The van der Waals surface area contributed by atoms with Gasteiger partial charge in [-0.15, -0.1) is 0 Å². The van der Waals surface area contributed by atoms with Crippen LogP contribution in [0.4, 0.5) is 11.4 Å². The molecule has 264 valence electrons. The maximum Gasteiger partial charge on any atom is 0.164 e. The molecule has 0 saturated heterocycles. The van der Waals surface area contributed by atoms with Crippen LogP contribution in [0.15, 0.2) is 193 Å². The Morgan fingerprint density at radius 2 is 0.946 bits per heavy atom. The molecule has 2 aromatic heterocycles. The number of pyridine rings is 1. The van der Waals surface area contributed by atoms with E-state index in [1.807, 2.05) is 72.4 Å². The Morgan fingerprint density at radius 1 is 0.429 bits per heavy atom. The second-order valence-electron chi connectivity index (χ2n) is 14.1. The Morgan fingerprint density at radius 3 is 1.57 bits per heavy atom. The summed E-state index contributed by atoms with van der Waals surface area (Å²) in [4.78, 5) is 24.2. The molecular formula is C50H33N5S. The maximum absolute atomic E-state index is 5.57. The molecule has 0 aliphatic carbocycles. The van der Waals surface area contributed by atoms with Gasteiger partial charge in [-0.05, 0) is 34.9 Å². The van der Waals surface area contributed by atoms with Crippen molar-refractivity contribution in [3.63, 3.8) is 0 Å². The van der Waals surface area contributed by atoms with E-state index in [1.54, 1.807) is 0 Å². The second kappa shape index (κ2) is 13.4. The quantitative estimate of drug-likeness (QED) is 0.169. The van der Waals surface area contributed by atoms with Crippen molar-refractivity contribution >= 4 is 34.0 Å². The highest BCUT2D eigenvalue weighted by Crippen LogP contribution is 2.62. The van der Waals surface area contributed by atoms with Crippen molar-refractivity contribution in [1.29, 1.82) is 0 Å². The molecule has 0 spiro atoms. The Labute approximate surface area is 329 Å². The molecule has 0 N–H and O–H groups in total. The molecule has 0 amide bonds. The minimum Gasteiger partial charge on any atom is -0.327 e. The van der Waals surface area contributed by atoms with E-state index in [-0.39, 0.29) is 11.3 Å². The van der Waals surface area contributed by atoms with Crippen LogP contribution >= 0.6 is 11.8 Å². The zero-order valence-electron chi connectivity index (χ0n) is 30.2. The average Bonchev–Trinajstić information content (AvgIpc) is 3.82. The number of fused-ring (bicyclic) bond motifs is 7. The van der Waals surface area contributed by atoms with Crippen LogP contribution in [-0.2, 0) is 0 Å². The molecule has 0 fully saturated rings. The van der Waals surface area contributed by atoms with Gasteiger partial charge in [0.05, 0.1) is 16.6 Å². The van der Waals surface area contributed by atoms with E-state index >= 15 is 0 Å². The van der Waals surface area contributed by atoms with Gasteiger partial charge < -0.3 is 4.90 Å². The van der Waals surface area contributed by atoms with Gasteiger partial charge in [0.2, 0.25) is 0 Å². The first-order valence-electron chi connectivity index (χ1n) is 18.9. The van der Waals surface area contributed by atoms with Gasteiger partial charge in [-0.3, -0.25) is 0 Å². The molecule has 2 atom stereocenters. The third kappa shape index (κ3) is 5.41. The fourth-order valence-electron chi connectivity index (χ4n) is 8.31. The van der Waals surface area contributed by atoms with Crippen LogP contribution in [0.5, 0.6) is 0 Å². The fraction of sp³-hybridized carbons (Fsp3) is 0.0400. The molecule has 11 rings (SSSR count). The fourth-order valence-corrected chi connectivity index (χ4v) is 9.95. The van der Waals surface area contributed by atoms with Crippen LogP contribution in [0.25, 0.3) is 67.5 Å². The van der Waals surface area contributed by atoms with Crippen LogP contribution < -0.4 is 4.90 Å². The smallest absolute Gasteiger partial charge is 0.164 e. The molecule has 2 aliphatic rings. The number of anilines is 2. The summed E-state index contributed by atoms with van der Waals surface area (Å²) in [7, 11) is 0. The molecule has 9 aromatic rings. The SMILES string of the molecule is c1ccc(-c2nc(-c3ccccc3)nc(-c3ccc(-c4cccc5c6c(c(-c7ccccc7)nc45)SC4C6c5ccccc5N4c4ccccc4)cc3)n2)cc1. The highest BCUT2D eigenvalue weighted by molar-refractivity contribution is 8.00. The van der Waals surface area contributed by atoms with E-state index in [0.29, 0.717) is 17.5 Å². The van der Waals surface area contributed by atoms with Gasteiger partial charge in [0, 0.05) is 55.4 Å². The van der Waals surface area contributed by atoms with Gasteiger partial charge in [0.25, 0.3) is 0 Å². The largest absolute Gasteiger partial charge is 0.327 e. The van der Waals surface area contributed by atoms with Gasteiger partial charge in [-0.1, -0.05) is 182 Å². The summed E-state index contributed by atoms with van der Waals surface area (Å²) in [5.74, 6) is 2.11. The van der Waals surface area contributed by atoms with Crippen molar-refractivity contribution in [3.05, 3.63) is 199 Å². The van der Waals surface area contributed by atoms with E-state index in [0.717, 1.165) is 44.6 Å². The minimum absolute atomic E-state index is 0.171. The summed E-state index contributed by atoms with van der Waals surface area (Å²) in [6.07, 6.45) is 0. The first kappa shape index (κ1) is 32.5. The maximum atomic E-state index is 5.57. The lowest BCUT2D eigenvalue weighted by atomic mass is 9.88. The molecule has 0 saturated carbocycles. The van der Waals surface area contributed by atoms with Crippen molar-refractivity contribution in [2.45, 2.75) is 16.2 Å². The first-order chi connectivity index (χ1) is 27.8. The predicted molar refractivity (Wildman–Crippen MR) is 229 cm³/mol. The number of hydrogen-bond donors (Lipinski definition) is 0. The summed E-state index contributed by atoms with van der Waals surface area (Å²) >= 11 is 1.95. The van der Waals surface area contributed by atoms with E-state index < -0.39 is 0 Å². The molecule has 2 unspecified atom stereocenters. The minimum atomic E-state index is 0.171. The number of thioether (sulfide) groups is 1. The van der Waals surface area contributed by atoms with Gasteiger partial charge in [-0.25, -0.2) is 19.9 Å². The molecule has 6 heteroatoms. The molecule has 5 nitrogen and oxygen atoms in total. The lowest BCUT2D eigenvalue weighted by Gasteiger charge is -2.26. The van der Waals surface area contributed by atoms with Gasteiger partial charge in [0.15, 0.2) is 17.5 Å². The normalized spacial score (nSPS) is 15.4. The van der Waals surface area contributed by atoms with Crippen molar-refractivity contribution < 1.29 is 0 Å². The third-order valence-corrected chi connectivity index (χ3v) is 12.2. The Kier molecular flexibility index (Phi) is 7.81.